The number of aryl methyl sites for hydroxylation is 1. The fraction of sp³-hybridized carbons (Fsp3) is 0.231. The van der Waals surface area contributed by atoms with E-state index in [1.807, 2.05) is 6.92 Å². The molecule has 0 radical (unpaired) electrons. The van der Waals surface area contributed by atoms with Gasteiger partial charge in [0.25, 0.3) is 5.91 Å². The summed E-state index contributed by atoms with van der Waals surface area (Å²) in [4.78, 5) is 12.0. The Morgan fingerprint density at radius 2 is 1.95 bits per heavy atom. The van der Waals surface area contributed by atoms with Gasteiger partial charge in [0, 0.05) is 5.69 Å². The van der Waals surface area contributed by atoms with Crippen LogP contribution in [0.4, 0.5) is 24.5 Å². The van der Waals surface area contributed by atoms with Gasteiger partial charge in [-0.05, 0) is 30.7 Å². The van der Waals surface area contributed by atoms with Crippen LogP contribution in [0.1, 0.15) is 28.7 Å². The van der Waals surface area contributed by atoms with Crippen LogP contribution in [0.15, 0.2) is 24.3 Å². The number of nitrogens with zero attached hydrogens (tertiary/aromatic N) is 1. The number of nitrogens with one attached hydrogen (secondary N) is 2. The lowest BCUT2D eigenvalue weighted by molar-refractivity contribution is -0.137. The largest absolute Gasteiger partial charge is 0.416 e. The van der Waals surface area contributed by atoms with Crippen molar-refractivity contribution in [2.75, 3.05) is 11.1 Å². The number of amides is 1. The second kappa shape index (κ2) is 5.47. The predicted octanol–water partition coefficient (Wildman–Crippen LogP) is 2.83. The van der Waals surface area contributed by atoms with Crippen LogP contribution in [-0.4, -0.2) is 16.1 Å². The number of nitrogens with two attached hydrogens (primary N) is 1. The minimum atomic E-state index is -4.41. The quantitative estimate of drug-likeness (QED) is 0.814. The fourth-order valence-corrected chi connectivity index (χ4v) is 1.76. The lowest BCUT2D eigenvalue weighted by Gasteiger charge is -2.08. The van der Waals surface area contributed by atoms with Crippen LogP contribution in [0.2, 0.25) is 0 Å². The monoisotopic (exact) mass is 298 g/mol. The number of rotatable bonds is 3. The third-order valence-corrected chi connectivity index (χ3v) is 2.92. The maximum absolute atomic E-state index is 12.4. The Hall–Kier alpha value is -2.51. The Kier molecular flexibility index (Phi) is 3.88. The summed E-state index contributed by atoms with van der Waals surface area (Å²) in [6.45, 7) is 1.85. The number of carbonyl (C=O) groups excluding carboxylic acids is 1. The van der Waals surface area contributed by atoms with Gasteiger partial charge in [-0.2, -0.15) is 18.3 Å². The first-order chi connectivity index (χ1) is 9.82. The first-order valence-electron chi connectivity index (χ1n) is 6.14. The van der Waals surface area contributed by atoms with Crippen molar-refractivity contribution in [2.24, 2.45) is 0 Å². The number of carbonyl (C=O) groups is 1. The molecule has 1 heterocycles. The van der Waals surface area contributed by atoms with Crippen LogP contribution in [-0.2, 0) is 12.6 Å². The van der Waals surface area contributed by atoms with E-state index in [0.717, 1.165) is 12.1 Å². The Labute approximate surface area is 118 Å². The number of hydrogen-bond donors (Lipinski definition) is 3. The molecule has 0 fully saturated rings. The first kappa shape index (κ1) is 14.9. The Balaban J connectivity index is 2.14. The summed E-state index contributed by atoms with van der Waals surface area (Å²) < 4.78 is 37.3. The van der Waals surface area contributed by atoms with Gasteiger partial charge >= 0.3 is 6.18 Å². The zero-order valence-electron chi connectivity index (χ0n) is 11.1. The second-order valence-electron chi connectivity index (χ2n) is 4.35. The number of aromatic amines is 1. The molecule has 0 unspecified atom stereocenters. The average molecular weight is 298 g/mol. The summed E-state index contributed by atoms with van der Waals surface area (Å²) in [6, 6.07) is 4.12. The van der Waals surface area contributed by atoms with Crippen molar-refractivity contribution in [3.8, 4) is 0 Å². The molecule has 1 amide bonds. The Morgan fingerprint density at radius 1 is 1.33 bits per heavy atom. The van der Waals surface area contributed by atoms with Crippen LogP contribution in [0.5, 0.6) is 0 Å². The third-order valence-electron chi connectivity index (χ3n) is 2.92. The van der Waals surface area contributed by atoms with Crippen molar-refractivity contribution in [1.29, 1.82) is 0 Å². The molecule has 0 atom stereocenters. The van der Waals surface area contributed by atoms with E-state index in [0.29, 0.717) is 12.1 Å². The van der Waals surface area contributed by atoms with Crippen molar-refractivity contribution < 1.29 is 18.0 Å². The number of hydrogen-bond acceptors (Lipinski definition) is 3. The molecule has 0 aliphatic rings. The fourth-order valence-electron chi connectivity index (χ4n) is 1.76. The van der Waals surface area contributed by atoms with Gasteiger partial charge in [-0.15, -0.1) is 0 Å². The van der Waals surface area contributed by atoms with Crippen LogP contribution in [0.3, 0.4) is 0 Å². The summed E-state index contributed by atoms with van der Waals surface area (Å²) in [7, 11) is 0. The summed E-state index contributed by atoms with van der Waals surface area (Å²) >= 11 is 0. The number of aromatic nitrogens is 2. The molecule has 1 aromatic carbocycles. The number of benzene rings is 1. The van der Waals surface area contributed by atoms with Gasteiger partial charge in [-0.1, -0.05) is 6.92 Å². The average Bonchev–Trinajstić information content (AvgIpc) is 2.79. The molecule has 21 heavy (non-hydrogen) atoms. The Morgan fingerprint density at radius 3 is 2.43 bits per heavy atom. The van der Waals surface area contributed by atoms with Gasteiger partial charge in [0.1, 0.15) is 0 Å². The second-order valence-corrected chi connectivity index (χ2v) is 4.35. The highest BCUT2D eigenvalue weighted by Gasteiger charge is 2.30. The number of alkyl halides is 3. The molecule has 4 N–H and O–H groups in total. The van der Waals surface area contributed by atoms with E-state index < -0.39 is 17.6 Å². The van der Waals surface area contributed by atoms with Crippen molar-refractivity contribution in [2.45, 2.75) is 19.5 Å². The van der Waals surface area contributed by atoms with E-state index in [9.17, 15) is 18.0 Å². The van der Waals surface area contributed by atoms with Gasteiger partial charge in [0.15, 0.2) is 5.69 Å². The van der Waals surface area contributed by atoms with E-state index in [1.165, 1.54) is 12.1 Å². The van der Waals surface area contributed by atoms with Crippen molar-refractivity contribution in [3.63, 3.8) is 0 Å². The molecule has 0 saturated heterocycles. The first-order valence-corrected chi connectivity index (χ1v) is 6.14. The highest BCUT2D eigenvalue weighted by molar-refractivity contribution is 6.06. The van der Waals surface area contributed by atoms with E-state index in [1.54, 1.807) is 0 Å². The molecule has 5 nitrogen and oxygen atoms in total. The van der Waals surface area contributed by atoms with E-state index in [-0.39, 0.29) is 17.1 Å². The van der Waals surface area contributed by atoms with E-state index >= 15 is 0 Å². The highest BCUT2D eigenvalue weighted by atomic mass is 19.4. The number of nitrogen functional groups attached to an aromatic ring is 1. The smallest absolute Gasteiger partial charge is 0.395 e. The SMILES string of the molecule is CCc1[nH]nc(C(=O)Nc2ccc(C(F)(F)F)cc2)c1N. The van der Waals surface area contributed by atoms with E-state index in [2.05, 4.69) is 15.5 Å². The van der Waals surface area contributed by atoms with Gasteiger partial charge in [-0.3, -0.25) is 9.89 Å². The lowest BCUT2D eigenvalue weighted by Crippen LogP contribution is -2.14. The molecule has 0 saturated carbocycles. The summed E-state index contributed by atoms with van der Waals surface area (Å²) in [5.41, 5.74) is 6.08. The zero-order chi connectivity index (χ0) is 15.6. The molecule has 112 valence electrons. The molecule has 8 heteroatoms. The minimum Gasteiger partial charge on any atom is -0.395 e. The van der Waals surface area contributed by atoms with Gasteiger partial charge in [0.2, 0.25) is 0 Å². The zero-order valence-corrected chi connectivity index (χ0v) is 11.1. The molecular weight excluding hydrogens is 285 g/mol. The van der Waals surface area contributed by atoms with Crippen molar-refractivity contribution >= 4 is 17.3 Å². The molecule has 0 aliphatic carbocycles. The maximum Gasteiger partial charge on any atom is 0.416 e. The number of halogens is 3. The number of H-pyrrole nitrogens is 1. The number of anilines is 2. The van der Waals surface area contributed by atoms with Crippen LogP contribution in [0, 0.1) is 0 Å². The summed E-state index contributed by atoms with van der Waals surface area (Å²) in [6.07, 6.45) is -3.82. The summed E-state index contributed by atoms with van der Waals surface area (Å²) in [5.74, 6) is -0.580. The summed E-state index contributed by atoms with van der Waals surface area (Å²) in [5, 5.41) is 8.88. The highest BCUT2D eigenvalue weighted by Crippen LogP contribution is 2.30. The van der Waals surface area contributed by atoms with Crippen LogP contribution >= 0.6 is 0 Å². The minimum absolute atomic E-state index is 0.0201. The lowest BCUT2D eigenvalue weighted by atomic mass is 10.2. The third kappa shape index (κ3) is 3.15. The topological polar surface area (TPSA) is 83.8 Å². The van der Waals surface area contributed by atoms with Gasteiger partial charge < -0.3 is 11.1 Å². The molecule has 1 aromatic heterocycles. The molecule has 0 bridgehead atoms. The van der Waals surface area contributed by atoms with Crippen LogP contribution < -0.4 is 11.1 Å². The molecular formula is C13H13F3N4O. The Bertz CT molecular complexity index is 646. The molecule has 2 aromatic rings. The van der Waals surface area contributed by atoms with Crippen molar-refractivity contribution in [1.82, 2.24) is 10.2 Å². The van der Waals surface area contributed by atoms with E-state index in [4.69, 9.17) is 5.73 Å². The normalized spacial score (nSPS) is 11.4. The standard InChI is InChI=1S/C13H13F3N4O/c1-2-9-10(17)11(20-19-9)12(21)18-8-5-3-7(4-6-8)13(14,15)16/h3-6H,2,17H2,1H3,(H,18,21)(H,19,20). The van der Waals surface area contributed by atoms with Crippen LogP contribution in [0.25, 0.3) is 0 Å². The van der Waals surface area contributed by atoms with Gasteiger partial charge in [-0.25, -0.2) is 0 Å². The van der Waals surface area contributed by atoms with Crippen molar-refractivity contribution in [3.05, 3.63) is 41.2 Å². The molecule has 0 spiro atoms. The predicted molar refractivity (Wildman–Crippen MR) is 71.8 cm³/mol. The maximum atomic E-state index is 12.4. The molecule has 0 aliphatic heterocycles. The van der Waals surface area contributed by atoms with Gasteiger partial charge in [0.05, 0.1) is 16.9 Å². The molecule has 2 rings (SSSR count).